The third-order valence-corrected chi connectivity index (χ3v) is 4.66. The molecule has 1 unspecified atom stereocenters. The van der Waals surface area contributed by atoms with Crippen molar-refractivity contribution in [3.05, 3.63) is 17.2 Å². The number of alkyl halides is 1. The average molecular weight is 342 g/mol. The Labute approximate surface area is 139 Å². The maximum atomic E-state index is 13.9. The Balaban J connectivity index is 1.92. The smallest absolute Gasteiger partial charge is 0.241 e. The van der Waals surface area contributed by atoms with E-state index in [1.807, 2.05) is 0 Å². The van der Waals surface area contributed by atoms with Gasteiger partial charge in [0.1, 0.15) is 17.5 Å². The minimum Gasteiger partial charge on any atom is -0.378 e. The van der Waals surface area contributed by atoms with Crippen LogP contribution in [0.2, 0.25) is 5.15 Å². The number of rotatable bonds is 4. The van der Waals surface area contributed by atoms with Gasteiger partial charge >= 0.3 is 0 Å². The van der Waals surface area contributed by atoms with Crippen LogP contribution in [0.3, 0.4) is 0 Å². The molecule has 3 heterocycles. The maximum absolute atomic E-state index is 13.9. The Morgan fingerprint density at radius 1 is 1.43 bits per heavy atom. The van der Waals surface area contributed by atoms with Gasteiger partial charge in [0.15, 0.2) is 5.15 Å². The predicted molar refractivity (Wildman–Crippen MR) is 86.8 cm³/mol. The van der Waals surface area contributed by atoms with Crippen LogP contribution in [0.5, 0.6) is 0 Å². The van der Waals surface area contributed by atoms with Gasteiger partial charge in [0.2, 0.25) is 5.95 Å². The molecule has 3 atom stereocenters. The second-order valence-electron chi connectivity index (χ2n) is 6.30. The second-order valence-corrected chi connectivity index (χ2v) is 6.66. The molecule has 0 aliphatic carbocycles. The number of aromatic nitrogens is 4. The van der Waals surface area contributed by atoms with Crippen molar-refractivity contribution in [1.29, 1.82) is 0 Å². The normalized spacial score (nSPS) is 23.4. The summed E-state index contributed by atoms with van der Waals surface area (Å²) < 4.78 is 20.7. The van der Waals surface area contributed by atoms with E-state index in [0.717, 1.165) is 5.82 Å². The molecular weight excluding hydrogens is 321 g/mol. The van der Waals surface area contributed by atoms with Crippen LogP contribution in [0.15, 0.2) is 6.20 Å². The van der Waals surface area contributed by atoms with E-state index in [0.29, 0.717) is 35.6 Å². The van der Waals surface area contributed by atoms with Gasteiger partial charge in [-0.05, 0) is 12.3 Å². The molecule has 0 radical (unpaired) electrons. The van der Waals surface area contributed by atoms with Crippen LogP contribution in [-0.2, 0) is 4.74 Å². The van der Waals surface area contributed by atoms with E-state index in [1.54, 1.807) is 10.7 Å². The van der Waals surface area contributed by atoms with Crippen molar-refractivity contribution in [2.45, 2.75) is 45.3 Å². The fourth-order valence-corrected chi connectivity index (χ4v) is 2.78. The van der Waals surface area contributed by atoms with Crippen LogP contribution in [0.1, 0.15) is 38.9 Å². The van der Waals surface area contributed by atoms with Gasteiger partial charge in [-0.15, -0.1) is 5.10 Å². The van der Waals surface area contributed by atoms with Crippen LogP contribution in [0, 0.1) is 5.92 Å². The lowest BCUT2D eigenvalue weighted by Gasteiger charge is -2.26. The van der Waals surface area contributed by atoms with E-state index < -0.39 is 6.17 Å². The first-order chi connectivity index (χ1) is 11.0. The molecule has 1 aliphatic rings. The van der Waals surface area contributed by atoms with Crippen LogP contribution in [0.4, 0.5) is 10.3 Å². The van der Waals surface area contributed by atoms with Crippen LogP contribution in [0.25, 0.3) is 5.52 Å². The predicted octanol–water partition coefficient (Wildman–Crippen LogP) is 3.08. The topological polar surface area (TPSA) is 64.3 Å². The first kappa shape index (κ1) is 16.4. The summed E-state index contributed by atoms with van der Waals surface area (Å²) in [4.78, 5) is 8.66. The molecule has 1 N–H and O–H groups in total. The van der Waals surface area contributed by atoms with Gasteiger partial charge in [-0.25, -0.2) is 18.9 Å². The van der Waals surface area contributed by atoms with Gasteiger partial charge < -0.3 is 10.1 Å². The molecule has 23 heavy (non-hydrogen) atoms. The molecular formula is C15H21ClFN5O. The molecule has 6 nitrogen and oxygen atoms in total. The fourth-order valence-electron chi connectivity index (χ4n) is 2.56. The third kappa shape index (κ3) is 3.26. The summed E-state index contributed by atoms with van der Waals surface area (Å²) in [5.74, 6) is 1.75. The standard InChI is InChI=1S/C15H21ClFN5O/c1-8(2)9(3)14-20-13(16)12-6-18-15(21-22(12)14)19-11-4-5-23-7-10(11)17/h6,8-11H,4-5,7H2,1-3H3,(H,19,21)/t9?,10-,11+/m1/s1. The lowest BCUT2D eigenvalue weighted by atomic mass is 9.98. The third-order valence-electron chi connectivity index (χ3n) is 4.38. The quantitative estimate of drug-likeness (QED) is 0.925. The summed E-state index contributed by atoms with van der Waals surface area (Å²) in [5.41, 5.74) is 0.656. The first-order valence-corrected chi connectivity index (χ1v) is 8.24. The van der Waals surface area contributed by atoms with E-state index in [4.69, 9.17) is 16.3 Å². The summed E-state index contributed by atoms with van der Waals surface area (Å²) >= 11 is 6.19. The van der Waals surface area contributed by atoms with Crippen LogP contribution < -0.4 is 5.32 Å². The number of hydrogen-bond acceptors (Lipinski definition) is 5. The van der Waals surface area contributed by atoms with Crippen molar-refractivity contribution in [3.8, 4) is 0 Å². The molecule has 0 amide bonds. The zero-order valence-electron chi connectivity index (χ0n) is 13.5. The van der Waals surface area contributed by atoms with E-state index in [-0.39, 0.29) is 18.6 Å². The number of ether oxygens (including phenoxy) is 1. The van der Waals surface area contributed by atoms with E-state index in [1.165, 1.54) is 0 Å². The Morgan fingerprint density at radius 2 is 2.22 bits per heavy atom. The molecule has 2 aromatic heterocycles. The molecule has 126 valence electrons. The van der Waals surface area contributed by atoms with E-state index >= 15 is 0 Å². The molecule has 0 spiro atoms. The molecule has 1 aliphatic heterocycles. The molecule has 2 aromatic rings. The summed E-state index contributed by atoms with van der Waals surface area (Å²) in [5, 5.41) is 7.91. The molecule has 1 fully saturated rings. The average Bonchev–Trinajstić information content (AvgIpc) is 2.85. The highest BCUT2D eigenvalue weighted by Crippen LogP contribution is 2.27. The van der Waals surface area contributed by atoms with E-state index in [9.17, 15) is 4.39 Å². The lowest BCUT2D eigenvalue weighted by Crippen LogP contribution is -2.39. The fraction of sp³-hybridized carbons (Fsp3) is 0.667. The second kappa shape index (κ2) is 6.57. The largest absolute Gasteiger partial charge is 0.378 e. The van der Waals surface area contributed by atoms with Gasteiger partial charge in [-0.1, -0.05) is 32.4 Å². The Morgan fingerprint density at radius 3 is 2.91 bits per heavy atom. The lowest BCUT2D eigenvalue weighted by molar-refractivity contribution is 0.0284. The van der Waals surface area contributed by atoms with Gasteiger partial charge in [0.05, 0.1) is 18.8 Å². The number of nitrogens with one attached hydrogen (secondary N) is 1. The van der Waals surface area contributed by atoms with Gasteiger partial charge in [0, 0.05) is 12.5 Å². The van der Waals surface area contributed by atoms with Gasteiger partial charge in [-0.2, -0.15) is 0 Å². The van der Waals surface area contributed by atoms with Crippen molar-refractivity contribution in [2.75, 3.05) is 18.5 Å². The maximum Gasteiger partial charge on any atom is 0.241 e. The summed E-state index contributed by atoms with van der Waals surface area (Å²) in [6, 6.07) is -0.342. The minimum absolute atomic E-state index is 0.104. The van der Waals surface area contributed by atoms with Crippen molar-refractivity contribution in [3.63, 3.8) is 0 Å². The summed E-state index contributed by atoms with van der Waals surface area (Å²) in [6.07, 6.45) is 1.14. The zero-order chi connectivity index (χ0) is 16.6. The van der Waals surface area contributed by atoms with Crippen molar-refractivity contribution in [1.82, 2.24) is 19.6 Å². The number of imidazole rings is 1. The molecule has 1 saturated heterocycles. The van der Waals surface area contributed by atoms with Gasteiger partial charge in [-0.3, -0.25) is 0 Å². The van der Waals surface area contributed by atoms with Crippen LogP contribution >= 0.6 is 11.6 Å². The monoisotopic (exact) mass is 341 g/mol. The number of fused-ring (bicyclic) bond motifs is 1. The highest BCUT2D eigenvalue weighted by atomic mass is 35.5. The highest BCUT2D eigenvalue weighted by molar-refractivity contribution is 6.32. The number of anilines is 1. The number of halogens is 2. The Kier molecular flexibility index (Phi) is 4.68. The summed E-state index contributed by atoms with van der Waals surface area (Å²) in [7, 11) is 0. The van der Waals surface area contributed by atoms with E-state index in [2.05, 4.69) is 41.2 Å². The minimum atomic E-state index is -1.07. The molecule has 0 bridgehead atoms. The number of nitrogens with zero attached hydrogens (tertiary/aromatic N) is 4. The first-order valence-electron chi connectivity index (χ1n) is 7.87. The summed E-state index contributed by atoms with van der Waals surface area (Å²) in [6.45, 7) is 6.96. The Hall–Kier alpha value is -1.47. The Bertz CT molecular complexity index is 692. The molecule has 0 saturated carbocycles. The number of hydrogen-bond donors (Lipinski definition) is 1. The highest BCUT2D eigenvalue weighted by Gasteiger charge is 2.26. The van der Waals surface area contributed by atoms with Gasteiger partial charge in [0.25, 0.3) is 0 Å². The zero-order valence-corrected chi connectivity index (χ0v) is 14.2. The van der Waals surface area contributed by atoms with Crippen molar-refractivity contribution >= 4 is 23.1 Å². The molecule has 3 rings (SSSR count). The van der Waals surface area contributed by atoms with Crippen molar-refractivity contribution in [2.24, 2.45) is 5.92 Å². The molecule has 8 heteroatoms. The molecule has 0 aromatic carbocycles. The van der Waals surface area contributed by atoms with Crippen LogP contribution in [-0.4, -0.2) is 45.0 Å². The van der Waals surface area contributed by atoms with Crippen molar-refractivity contribution < 1.29 is 9.13 Å². The SMILES string of the molecule is CC(C)C(C)c1nc(Cl)c2cnc(N[C@H]3CCOC[C@H]3F)nn12.